The average molecular weight is 691 g/mol. The maximum Gasteiger partial charge on any atom is 0.104 e. The minimum absolute atomic E-state index is 0.158. The van der Waals surface area contributed by atoms with Gasteiger partial charge in [0.05, 0.1) is 79.3 Å². The van der Waals surface area contributed by atoms with Crippen molar-refractivity contribution < 1.29 is 47.4 Å². The number of ether oxygens (including phenoxy) is 10. The van der Waals surface area contributed by atoms with Crippen LogP contribution in [0.1, 0.15) is 47.9 Å². The van der Waals surface area contributed by atoms with Gasteiger partial charge in [0.1, 0.15) is 12.2 Å². The Morgan fingerprint density at radius 1 is 0.469 bits per heavy atom. The molecule has 278 valence electrons. The molecule has 0 spiro atoms. The van der Waals surface area contributed by atoms with E-state index in [0.29, 0.717) is 92.5 Å². The van der Waals surface area contributed by atoms with Crippen molar-refractivity contribution in [1.82, 2.24) is 0 Å². The first-order chi connectivity index (χ1) is 24.0. The molecule has 0 bridgehead atoms. The van der Waals surface area contributed by atoms with E-state index in [1.807, 2.05) is 0 Å². The van der Waals surface area contributed by atoms with E-state index in [1.54, 1.807) is 28.4 Å². The Morgan fingerprint density at radius 3 is 1.14 bits per heavy atom. The van der Waals surface area contributed by atoms with Crippen molar-refractivity contribution >= 4 is 0 Å². The molecule has 49 heavy (non-hydrogen) atoms. The fraction of sp³-hybridized carbons (Fsp3) is 0.692. The van der Waals surface area contributed by atoms with E-state index in [9.17, 15) is 0 Å². The van der Waals surface area contributed by atoms with Crippen molar-refractivity contribution in [2.45, 2.75) is 57.2 Å². The van der Waals surface area contributed by atoms with Crippen LogP contribution in [0.3, 0.4) is 0 Å². The van der Waals surface area contributed by atoms with E-state index in [4.69, 9.17) is 47.4 Å². The summed E-state index contributed by atoms with van der Waals surface area (Å²) in [7, 11) is 6.69. The molecule has 0 saturated heterocycles. The van der Waals surface area contributed by atoms with Gasteiger partial charge in [0, 0.05) is 47.1 Å². The summed E-state index contributed by atoms with van der Waals surface area (Å²) in [6, 6.07) is 13.8. The summed E-state index contributed by atoms with van der Waals surface area (Å²) in [6.07, 6.45) is 3.34. The summed E-state index contributed by atoms with van der Waals surface area (Å²) < 4.78 is 56.6. The van der Waals surface area contributed by atoms with Crippen LogP contribution < -0.4 is 0 Å². The van der Waals surface area contributed by atoms with Gasteiger partial charge >= 0.3 is 0 Å². The Morgan fingerprint density at radius 2 is 0.816 bits per heavy atom. The van der Waals surface area contributed by atoms with E-state index >= 15 is 0 Å². The number of benzene rings is 2. The molecule has 2 aromatic rings. The molecule has 0 amide bonds. The maximum absolute atomic E-state index is 6.40. The van der Waals surface area contributed by atoms with Crippen LogP contribution in [-0.4, -0.2) is 133 Å². The molecule has 0 saturated carbocycles. The van der Waals surface area contributed by atoms with Crippen LogP contribution in [0, 0.1) is 13.8 Å². The Balaban J connectivity index is 1.73. The molecule has 2 aromatic carbocycles. The van der Waals surface area contributed by atoms with Crippen molar-refractivity contribution in [3.05, 3.63) is 58.7 Å². The molecular formula is C39H62O10. The lowest BCUT2D eigenvalue weighted by Crippen LogP contribution is -2.30. The van der Waals surface area contributed by atoms with Gasteiger partial charge in [-0.1, -0.05) is 47.5 Å². The lowest BCUT2D eigenvalue weighted by atomic mass is 9.71. The minimum Gasteiger partial charge on any atom is -0.382 e. The predicted octanol–water partition coefficient (Wildman–Crippen LogP) is 5.55. The summed E-state index contributed by atoms with van der Waals surface area (Å²) in [5.74, 6) is 0. The third-order valence-electron chi connectivity index (χ3n) is 8.82. The fourth-order valence-corrected chi connectivity index (χ4v) is 6.35. The first kappa shape index (κ1) is 41.5. The molecule has 10 heteroatoms. The van der Waals surface area contributed by atoms with Gasteiger partial charge in [-0.05, 0) is 61.8 Å². The van der Waals surface area contributed by atoms with E-state index in [1.165, 1.54) is 33.4 Å². The largest absolute Gasteiger partial charge is 0.382 e. The molecule has 0 heterocycles. The van der Waals surface area contributed by atoms with E-state index in [-0.39, 0.29) is 17.6 Å². The van der Waals surface area contributed by atoms with Crippen molar-refractivity contribution in [1.29, 1.82) is 0 Å². The number of rotatable bonds is 30. The highest BCUT2D eigenvalue weighted by Crippen LogP contribution is 2.54. The molecule has 0 radical (unpaired) electrons. The molecule has 10 nitrogen and oxygen atoms in total. The van der Waals surface area contributed by atoms with E-state index in [2.05, 4.69) is 50.2 Å². The zero-order valence-electron chi connectivity index (χ0n) is 30.9. The summed E-state index contributed by atoms with van der Waals surface area (Å²) in [4.78, 5) is 0. The fourth-order valence-electron chi connectivity index (χ4n) is 6.35. The standard InChI is InChI=1S/C39H62O10/c1-31-9-11-35-36-12-10-32(2)26-38(36)39(37(35)25-31,13-7-15-48-33(27-44-21-17-40-3)28-45-22-18-41-4)14-8-16-49-34(29-46-23-19-42-5)30-47-24-20-43-6/h9-12,25-26,33-34H,7-8,13-24,27-30H2,1-6H3. The molecule has 0 aromatic heterocycles. The zero-order valence-corrected chi connectivity index (χ0v) is 30.9. The van der Waals surface area contributed by atoms with Gasteiger partial charge in [0.2, 0.25) is 0 Å². The summed E-state index contributed by atoms with van der Waals surface area (Å²) in [5.41, 5.74) is 7.83. The molecule has 0 aliphatic heterocycles. The van der Waals surface area contributed by atoms with Crippen LogP contribution in [0.15, 0.2) is 36.4 Å². The highest BCUT2D eigenvalue weighted by molar-refractivity contribution is 5.81. The molecule has 1 aliphatic rings. The van der Waals surface area contributed by atoms with Crippen LogP contribution in [0.25, 0.3) is 11.1 Å². The lowest BCUT2D eigenvalue weighted by Gasteiger charge is -2.33. The second-order valence-electron chi connectivity index (χ2n) is 12.6. The normalized spacial score (nSPS) is 13.5. The Kier molecular flexibility index (Phi) is 20.5. The van der Waals surface area contributed by atoms with Gasteiger partial charge in [-0.3, -0.25) is 0 Å². The summed E-state index contributed by atoms with van der Waals surface area (Å²) in [6.45, 7) is 11.6. The van der Waals surface area contributed by atoms with Crippen molar-refractivity contribution in [3.8, 4) is 11.1 Å². The Labute approximate surface area is 294 Å². The monoisotopic (exact) mass is 690 g/mol. The molecule has 0 N–H and O–H groups in total. The van der Waals surface area contributed by atoms with Crippen molar-refractivity contribution in [2.24, 2.45) is 0 Å². The molecule has 1 aliphatic carbocycles. The number of methoxy groups -OCH3 is 4. The number of fused-ring (bicyclic) bond motifs is 3. The van der Waals surface area contributed by atoms with Gasteiger partial charge in [-0.2, -0.15) is 0 Å². The maximum atomic E-state index is 6.40. The second-order valence-corrected chi connectivity index (χ2v) is 12.6. The third kappa shape index (κ3) is 13.9. The van der Waals surface area contributed by atoms with Gasteiger partial charge in [0.25, 0.3) is 0 Å². The summed E-state index contributed by atoms with van der Waals surface area (Å²) >= 11 is 0. The topological polar surface area (TPSA) is 92.3 Å². The predicted molar refractivity (Wildman–Crippen MR) is 191 cm³/mol. The second kappa shape index (κ2) is 24.3. The smallest absolute Gasteiger partial charge is 0.104 e. The van der Waals surface area contributed by atoms with Crippen LogP contribution in [-0.2, 0) is 52.8 Å². The number of hydrogen-bond donors (Lipinski definition) is 0. The average Bonchev–Trinajstić information content (AvgIpc) is 3.35. The third-order valence-corrected chi connectivity index (χ3v) is 8.82. The Hall–Kier alpha value is -1.96. The van der Waals surface area contributed by atoms with Crippen molar-refractivity contribution in [2.75, 3.05) is 121 Å². The molecule has 0 atom stereocenters. The molecule has 0 fully saturated rings. The van der Waals surface area contributed by atoms with E-state index in [0.717, 1.165) is 25.7 Å². The first-order valence-electron chi connectivity index (χ1n) is 17.7. The van der Waals surface area contributed by atoms with Gasteiger partial charge < -0.3 is 47.4 Å². The zero-order chi connectivity index (χ0) is 35.2. The highest BCUT2D eigenvalue weighted by Gasteiger charge is 2.42. The van der Waals surface area contributed by atoms with Crippen LogP contribution >= 0.6 is 0 Å². The van der Waals surface area contributed by atoms with Crippen LogP contribution in [0.5, 0.6) is 0 Å². The van der Waals surface area contributed by atoms with Crippen LogP contribution in [0.2, 0.25) is 0 Å². The van der Waals surface area contributed by atoms with Gasteiger partial charge in [0.15, 0.2) is 0 Å². The SMILES string of the molecule is COCCOCC(COCCOC)OCCCC1(CCCOC(COCCOC)COCCOC)c2cc(C)ccc2-c2ccc(C)cc21. The summed E-state index contributed by atoms with van der Waals surface area (Å²) in [5, 5.41) is 0. The van der Waals surface area contributed by atoms with Gasteiger partial charge in [-0.25, -0.2) is 0 Å². The van der Waals surface area contributed by atoms with Crippen LogP contribution in [0.4, 0.5) is 0 Å². The molecule has 0 unspecified atom stereocenters. The Bertz CT molecular complexity index is 1050. The highest BCUT2D eigenvalue weighted by atomic mass is 16.6. The first-order valence-corrected chi connectivity index (χ1v) is 17.7. The van der Waals surface area contributed by atoms with Crippen molar-refractivity contribution in [3.63, 3.8) is 0 Å². The molecule has 3 rings (SSSR count). The minimum atomic E-state index is -0.167. The number of aryl methyl sites for hydroxylation is 2. The lowest BCUT2D eigenvalue weighted by molar-refractivity contribution is -0.0722. The van der Waals surface area contributed by atoms with E-state index < -0.39 is 0 Å². The molecular weight excluding hydrogens is 628 g/mol. The quantitative estimate of drug-likeness (QED) is 0.0972. The van der Waals surface area contributed by atoms with Gasteiger partial charge in [-0.15, -0.1) is 0 Å². The number of hydrogen-bond acceptors (Lipinski definition) is 10.